The Bertz CT molecular complexity index is 346. The quantitative estimate of drug-likeness (QED) is 0.816. The van der Waals surface area contributed by atoms with Crippen LogP contribution in [0.15, 0.2) is 0 Å². The molecule has 0 spiro atoms. The van der Waals surface area contributed by atoms with Crippen LogP contribution in [-0.4, -0.2) is 59.0 Å². The molecule has 5 heteroatoms. The molecular formula is C14H24N2O3. The van der Waals surface area contributed by atoms with Crippen LogP contribution in [0.1, 0.15) is 39.0 Å². The van der Waals surface area contributed by atoms with Crippen molar-refractivity contribution in [3.8, 4) is 0 Å². The van der Waals surface area contributed by atoms with E-state index in [0.29, 0.717) is 19.5 Å². The number of aliphatic hydroxyl groups excluding tert-OH is 1. The van der Waals surface area contributed by atoms with E-state index in [4.69, 9.17) is 0 Å². The summed E-state index contributed by atoms with van der Waals surface area (Å²) in [5, 5.41) is 9.37. The fourth-order valence-corrected chi connectivity index (χ4v) is 3.13. The fraction of sp³-hybridized carbons (Fsp3) is 0.857. The van der Waals surface area contributed by atoms with Crippen LogP contribution in [0.4, 0.5) is 0 Å². The summed E-state index contributed by atoms with van der Waals surface area (Å²) in [5.74, 6) is 0.195. The largest absolute Gasteiger partial charge is 0.394 e. The molecule has 0 aromatic rings. The van der Waals surface area contributed by atoms with Gasteiger partial charge in [-0.05, 0) is 25.7 Å². The lowest BCUT2D eigenvalue weighted by Gasteiger charge is -2.36. The molecule has 5 nitrogen and oxygen atoms in total. The summed E-state index contributed by atoms with van der Waals surface area (Å²) >= 11 is 0. The van der Waals surface area contributed by atoms with Gasteiger partial charge in [-0.3, -0.25) is 9.59 Å². The van der Waals surface area contributed by atoms with Crippen molar-refractivity contribution >= 4 is 11.8 Å². The van der Waals surface area contributed by atoms with Crippen molar-refractivity contribution in [2.75, 3.05) is 26.2 Å². The normalized spacial score (nSPS) is 27.7. The average Bonchev–Trinajstić information content (AvgIpc) is 2.95. The molecule has 1 N–H and O–H groups in total. The van der Waals surface area contributed by atoms with E-state index in [-0.39, 0.29) is 30.4 Å². The minimum Gasteiger partial charge on any atom is -0.394 e. The highest BCUT2D eigenvalue weighted by atomic mass is 16.3. The summed E-state index contributed by atoms with van der Waals surface area (Å²) in [6.07, 6.45) is 4.27. The molecule has 2 amide bonds. The molecule has 0 aromatic carbocycles. The van der Waals surface area contributed by atoms with Crippen molar-refractivity contribution in [2.45, 2.75) is 45.1 Å². The van der Waals surface area contributed by atoms with Gasteiger partial charge in [0.2, 0.25) is 11.8 Å². The summed E-state index contributed by atoms with van der Waals surface area (Å²) in [6.45, 7) is 3.91. The average molecular weight is 268 g/mol. The Balaban J connectivity index is 1.94. The van der Waals surface area contributed by atoms with Gasteiger partial charge in [0.1, 0.15) is 0 Å². The highest BCUT2D eigenvalue weighted by Crippen LogP contribution is 2.24. The van der Waals surface area contributed by atoms with Gasteiger partial charge in [-0.25, -0.2) is 0 Å². The molecule has 2 heterocycles. The topological polar surface area (TPSA) is 60.9 Å². The monoisotopic (exact) mass is 268 g/mol. The molecule has 2 saturated heterocycles. The standard InChI is InChI=1S/C14H24N2O3/c1-2-13(18)15-8-6-11(9-15)14(19)16-7-4-3-5-12(16)10-17/h11-12,17H,2-10H2,1H3. The number of likely N-dealkylation sites (tertiary alicyclic amines) is 2. The van der Waals surface area contributed by atoms with E-state index in [9.17, 15) is 14.7 Å². The smallest absolute Gasteiger partial charge is 0.227 e. The van der Waals surface area contributed by atoms with Crippen molar-refractivity contribution in [1.82, 2.24) is 9.80 Å². The molecule has 108 valence electrons. The van der Waals surface area contributed by atoms with Crippen molar-refractivity contribution < 1.29 is 14.7 Å². The summed E-state index contributed by atoms with van der Waals surface area (Å²) in [4.78, 5) is 27.8. The second-order valence-corrected chi connectivity index (χ2v) is 5.54. The first-order chi connectivity index (χ1) is 9.17. The first kappa shape index (κ1) is 14.3. The van der Waals surface area contributed by atoms with E-state index >= 15 is 0 Å². The van der Waals surface area contributed by atoms with Gasteiger partial charge < -0.3 is 14.9 Å². The third-order valence-electron chi connectivity index (χ3n) is 4.31. The van der Waals surface area contributed by atoms with Crippen LogP contribution in [-0.2, 0) is 9.59 Å². The molecule has 2 fully saturated rings. The van der Waals surface area contributed by atoms with E-state index in [1.165, 1.54) is 0 Å². The number of amides is 2. The molecule has 0 radical (unpaired) electrons. The number of hydrogen-bond donors (Lipinski definition) is 1. The van der Waals surface area contributed by atoms with E-state index in [1.807, 2.05) is 11.8 Å². The number of rotatable bonds is 3. The molecule has 2 rings (SSSR count). The number of carbonyl (C=O) groups is 2. The predicted molar refractivity (Wildman–Crippen MR) is 71.4 cm³/mol. The van der Waals surface area contributed by atoms with Crippen LogP contribution in [0.25, 0.3) is 0 Å². The third-order valence-corrected chi connectivity index (χ3v) is 4.31. The van der Waals surface area contributed by atoms with E-state index in [0.717, 1.165) is 32.2 Å². The van der Waals surface area contributed by atoms with Gasteiger partial charge >= 0.3 is 0 Å². The van der Waals surface area contributed by atoms with Crippen LogP contribution >= 0.6 is 0 Å². The van der Waals surface area contributed by atoms with Gasteiger partial charge in [0.25, 0.3) is 0 Å². The van der Waals surface area contributed by atoms with Gasteiger partial charge in [-0.1, -0.05) is 6.92 Å². The van der Waals surface area contributed by atoms with Gasteiger partial charge in [-0.15, -0.1) is 0 Å². The lowest BCUT2D eigenvalue weighted by atomic mass is 9.99. The molecule has 2 aliphatic rings. The van der Waals surface area contributed by atoms with Crippen LogP contribution in [0.5, 0.6) is 0 Å². The molecule has 0 aliphatic carbocycles. The summed E-state index contributed by atoms with van der Waals surface area (Å²) in [7, 11) is 0. The number of nitrogens with zero attached hydrogens (tertiary/aromatic N) is 2. The van der Waals surface area contributed by atoms with E-state index in [1.54, 1.807) is 4.90 Å². The first-order valence-corrected chi connectivity index (χ1v) is 7.36. The second kappa shape index (κ2) is 6.37. The molecular weight excluding hydrogens is 244 g/mol. The number of piperidine rings is 1. The van der Waals surface area contributed by atoms with E-state index < -0.39 is 0 Å². The number of hydrogen-bond acceptors (Lipinski definition) is 3. The zero-order valence-corrected chi connectivity index (χ0v) is 11.7. The summed E-state index contributed by atoms with van der Waals surface area (Å²) in [5.41, 5.74) is 0. The van der Waals surface area contributed by atoms with Crippen LogP contribution in [0, 0.1) is 5.92 Å². The molecule has 2 unspecified atom stereocenters. The van der Waals surface area contributed by atoms with Gasteiger partial charge in [0, 0.05) is 26.1 Å². The van der Waals surface area contributed by atoms with Crippen molar-refractivity contribution in [3.05, 3.63) is 0 Å². The van der Waals surface area contributed by atoms with Gasteiger partial charge in [-0.2, -0.15) is 0 Å². The lowest BCUT2D eigenvalue weighted by Crippen LogP contribution is -2.48. The minimum atomic E-state index is -0.0670. The highest BCUT2D eigenvalue weighted by Gasteiger charge is 2.36. The maximum absolute atomic E-state index is 12.5. The molecule has 0 aromatic heterocycles. The fourth-order valence-electron chi connectivity index (χ4n) is 3.13. The third kappa shape index (κ3) is 3.08. The molecule has 0 bridgehead atoms. The Morgan fingerprint density at radius 1 is 1.21 bits per heavy atom. The molecule has 19 heavy (non-hydrogen) atoms. The summed E-state index contributed by atoms with van der Waals surface area (Å²) < 4.78 is 0. The maximum Gasteiger partial charge on any atom is 0.227 e. The Morgan fingerprint density at radius 3 is 2.68 bits per heavy atom. The Morgan fingerprint density at radius 2 is 2.00 bits per heavy atom. The van der Waals surface area contributed by atoms with Gasteiger partial charge in [0.15, 0.2) is 0 Å². The van der Waals surface area contributed by atoms with Crippen molar-refractivity contribution in [2.24, 2.45) is 5.92 Å². The zero-order valence-electron chi connectivity index (χ0n) is 11.7. The molecule has 2 atom stereocenters. The van der Waals surface area contributed by atoms with Crippen LogP contribution in [0.3, 0.4) is 0 Å². The second-order valence-electron chi connectivity index (χ2n) is 5.54. The molecule has 2 aliphatic heterocycles. The Labute approximate surface area is 114 Å². The Kier molecular flexibility index (Phi) is 4.80. The van der Waals surface area contributed by atoms with Crippen LogP contribution in [0.2, 0.25) is 0 Å². The predicted octanol–water partition coefficient (Wildman–Crippen LogP) is 0.618. The van der Waals surface area contributed by atoms with Gasteiger partial charge in [0.05, 0.1) is 18.6 Å². The summed E-state index contributed by atoms with van der Waals surface area (Å²) in [6, 6.07) is -0.0165. The molecule has 0 saturated carbocycles. The van der Waals surface area contributed by atoms with Crippen molar-refractivity contribution in [1.29, 1.82) is 0 Å². The van der Waals surface area contributed by atoms with Crippen LogP contribution < -0.4 is 0 Å². The first-order valence-electron chi connectivity index (χ1n) is 7.36. The minimum absolute atomic E-state index is 0.0165. The Hall–Kier alpha value is -1.10. The number of carbonyl (C=O) groups excluding carboxylic acids is 2. The van der Waals surface area contributed by atoms with E-state index in [2.05, 4.69) is 0 Å². The lowest BCUT2D eigenvalue weighted by molar-refractivity contribution is -0.140. The SMILES string of the molecule is CCC(=O)N1CCC(C(=O)N2CCCCC2CO)C1. The number of aliphatic hydroxyl groups is 1. The van der Waals surface area contributed by atoms with Crippen molar-refractivity contribution in [3.63, 3.8) is 0 Å². The highest BCUT2D eigenvalue weighted by molar-refractivity contribution is 5.82. The maximum atomic E-state index is 12.5. The zero-order chi connectivity index (χ0) is 13.8.